The molecule has 0 aromatic heterocycles. The van der Waals surface area contributed by atoms with E-state index in [1.54, 1.807) is 13.8 Å². The van der Waals surface area contributed by atoms with Crippen LogP contribution in [-0.2, 0) is 9.47 Å². The minimum Gasteiger partial charge on any atom is -0.465 e. The van der Waals surface area contributed by atoms with Gasteiger partial charge in [-0.25, -0.2) is 13.6 Å². The van der Waals surface area contributed by atoms with Crippen LogP contribution < -0.4 is 0 Å². The molecule has 3 nitrogen and oxygen atoms in total. The van der Waals surface area contributed by atoms with Crippen molar-refractivity contribution in [2.45, 2.75) is 20.0 Å². The summed E-state index contributed by atoms with van der Waals surface area (Å²) >= 11 is 0. The van der Waals surface area contributed by atoms with Crippen molar-refractivity contribution in [2.24, 2.45) is 0 Å². The Bertz CT molecular complexity index is 395. The molecule has 0 saturated heterocycles. The van der Waals surface area contributed by atoms with Crippen molar-refractivity contribution in [2.75, 3.05) is 13.7 Å². The van der Waals surface area contributed by atoms with E-state index in [9.17, 15) is 13.6 Å². The Hall–Kier alpha value is -1.49. The fourth-order valence-electron chi connectivity index (χ4n) is 1.54. The van der Waals surface area contributed by atoms with Crippen molar-refractivity contribution in [3.63, 3.8) is 0 Å². The summed E-state index contributed by atoms with van der Waals surface area (Å²) in [5.74, 6) is -2.41. The van der Waals surface area contributed by atoms with Crippen LogP contribution in [0.1, 0.15) is 35.9 Å². The first-order valence-corrected chi connectivity index (χ1v) is 5.20. The summed E-state index contributed by atoms with van der Waals surface area (Å²) in [6.07, 6.45) is -0.702. The number of benzene rings is 1. The summed E-state index contributed by atoms with van der Waals surface area (Å²) in [5.41, 5.74) is -0.338. The van der Waals surface area contributed by atoms with Gasteiger partial charge in [-0.15, -0.1) is 0 Å². The lowest BCUT2D eigenvalue weighted by atomic mass is 10.1. The first-order chi connectivity index (χ1) is 8.01. The van der Waals surface area contributed by atoms with E-state index in [1.807, 2.05) is 0 Å². The van der Waals surface area contributed by atoms with Crippen LogP contribution in [0.5, 0.6) is 0 Å². The molecule has 0 radical (unpaired) electrons. The van der Waals surface area contributed by atoms with Crippen LogP contribution in [0.3, 0.4) is 0 Å². The number of halogens is 2. The molecule has 0 bridgehead atoms. The third-order valence-corrected chi connectivity index (χ3v) is 2.32. The van der Waals surface area contributed by atoms with Crippen molar-refractivity contribution in [1.29, 1.82) is 0 Å². The lowest BCUT2D eigenvalue weighted by Gasteiger charge is -2.14. The Labute approximate surface area is 98.3 Å². The van der Waals surface area contributed by atoms with E-state index in [4.69, 9.17) is 4.74 Å². The van der Waals surface area contributed by atoms with Gasteiger partial charge in [0.1, 0.15) is 11.6 Å². The molecule has 5 heteroatoms. The Morgan fingerprint density at radius 1 is 1.35 bits per heavy atom. The SMILES string of the molecule is CCOC(C)c1c(F)cc(C(=O)OC)cc1F. The molecule has 1 unspecified atom stereocenters. The van der Waals surface area contributed by atoms with Crippen molar-refractivity contribution < 1.29 is 23.0 Å². The maximum Gasteiger partial charge on any atom is 0.338 e. The Balaban J connectivity index is 3.14. The zero-order chi connectivity index (χ0) is 13.0. The van der Waals surface area contributed by atoms with Gasteiger partial charge in [0.05, 0.1) is 24.3 Å². The van der Waals surface area contributed by atoms with Gasteiger partial charge in [0.25, 0.3) is 0 Å². The lowest BCUT2D eigenvalue weighted by Crippen LogP contribution is -2.09. The van der Waals surface area contributed by atoms with Gasteiger partial charge in [-0.1, -0.05) is 0 Å². The largest absolute Gasteiger partial charge is 0.465 e. The van der Waals surface area contributed by atoms with Gasteiger partial charge < -0.3 is 9.47 Å². The molecule has 1 aromatic rings. The average Bonchev–Trinajstić information content (AvgIpc) is 2.27. The third-order valence-electron chi connectivity index (χ3n) is 2.32. The van der Waals surface area contributed by atoms with Gasteiger partial charge in [-0.2, -0.15) is 0 Å². The predicted molar refractivity (Wildman–Crippen MR) is 57.7 cm³/mol. The van der Waals surface area contributed by atoms with Gasteiger partial charge in [0.2, 0.25) is 0 Å². The molecule has 0 N–H and O–H groups in total. The number of esters is 1. The summed E-state index contributed by atoms with van der Waals surface area (Å²) in [6, 6.07) is 1.89. The maximum absolute atomic E-state index is 13.7. The molecule has 0 fully saturated rings. The van der Waals surface area contributed by atoms with Crippen LogP contribution in [-0.4, -0.2) is 19.7 Å². The number of carbonyl (C=O) groups excluding carboxylic acids is 1. The summed E-state index contributed by atoms with van der Waals surface area (Å²) in [4.78, 5) is 11.1. The van der Waals surface area contributed by atoms with E-state index in [2.05, 4.69) is 4.74 Å². The van der Waals surface area contributed by atoms with Crippen LogP contribution in [0, 0.1) is 11.6 Å². The molecule has 0 spiro atoms. The monoisotopic (exact) mass is 244 g/mol. The standard InChI is InChI=1S/C12H14F2O3/c1-4-17-7(2)11-9(13)5-8(6-10(11)14)12(15)16-3/h5-7H,4H2,1-3H3. The summed E-state index contributed by atoms with van der Waals surface area (Å²) < 4.78 is 36.8. The Morgan fingerprint density at radius 2 is 1.88 bits per heavy atom. The van der Waals surface area contributed by atoms with E-state index >= 15 is 0 Å². The normalized spacial score (nSPS) is 12.3. The van der Waals surface area contributed by atoms with Crippen molar-refractivity contribution in [3.05, 3.63) is 34.9 Å². The highest BCUT2D eigenvalue weighted by molar-refractivity contribution is 5.89. The molecule has 17 heavy (non-hydrogen) atoms. The van der Waals surface area contributed by atoms with Crippen molar-refractivity contribution in [3.8, 4) is 0 Å². The highest BCUT2D eigenvalue weighted by Gasteiger charge is 2.20. The molecule has 1 aromatic carbocycles. The topological polar surface area (TPSA) is 35.5 Å². The van der Waals surface area contributed by atoms with E-state index < -0.39 is 23.7 Å². The molecule has 94 valence electrons. The minimum absolute atomic E-state index is 0.157. The van der Waals surface area contributed by atoms with Gasteiger partial charge in [-0.05, 0) is 26.0 Å². The fraction of sp³-hybridized carbons (Fsp3) is 0.417. The maximum atomic E-state index is 13.7. The highest BCUT2D eigenvalue weighted by atomic mass is 19.1. The van der Waals surface area contributed by atoms with Crippen LogP contribution in [0.4, 0.5) is 8.78 Å². The molecular weight excluding hydrogens is 230 g/mol. The molecule has 0 saturated carbocycles. The van der Waals surface area contributed by atoms with E-state index in [-0.39, 0.29) is 11.1 Å². The van der Waals surface area contributed by atoms with E-state index in [0.29, 0.717) is 6.61 Å². The molecule has 1 atom stereocenters. The van der Waals surface area contributed by atoms with Gasteiger partial charge in [0, 0.05) is 6.61 Å². The Kier molecular flexibility index (Phi) is 4.57. The molecule has 1 rings (SSSR count). The first kappa shape index (κ1) is 13.6. The lowest BCUT2D eigenvalue weighted by molar-refractivity contribution is 0.0595. The highest BCUT2D eigenvalue weighted by Crippen LogP contribution is 2.25. The van der Waals surface area contributed by atoms with Crippen molar-refractivity contribution in [1.82, 2.24) is 0 Å². The van der Waals surface area contributed by atoms with Gasteiger partial charge in [0.15, 0.2) is 0 Å². The fourth-order valence-corrected chi connectivity index (χ4v) is 1.54. The summed E-state index contributed by atoms with van der Waals surface area (Å²) in [6.45, 7) is 3.62. The number of hydrogen-bond acceptors (Lipinski definition) is 3. The Morgan fingerprint density at radius 3 is 2.29 bits per heavy atom. The number of rotatable bonds is 4. The second kappa shape index (κ2) is 5.72. The second-order valence-electron chi connectivity index (χ2n) is 3.44. The minimum atomic E-state index is -0.814. The summed E-state index contributed by atoms with van der Waals surface area (Å²) in [5, 5.41) is 0. The van der Waals surface area contributed by atoms with E-state index in [0.717, 1.165) is 19.2 Å². The van der Waals surface area contributed by atoms with Gasteiger partial charge in [-0.3, -0.25) is 0 Å². The molecule has 0 amide bonds. The van der Waals surface area contributed by atoms with Crippen LogP contribution in [0.15, 0.2) is 12.1 Å². The number of methoxy groups -OCH3 is 1. The van der Waals surface area contributed by atoms with Gasteiger partial charge >= 0.3 is 5.97 Å². The smallest absolute Gasteiger partial charge is 0.338 e. The number of hydrogen-bond donors (Lipinski definition) is 0. The quantitative estimate of drug-likeness (QED) is 0.764. The van der Waals surface area contributed by atoms with E-state index in [1.165, 1.54) is 0 Å². The average molecular weight is 244 g/mol. The van der Waals surface area contributed by atoms with Crippen molar-refractivity contribution >= 4 is 5.97 Å². The summed E-state index contributed by atoms with van der Waals surface area (Å²) in [7, 11) is 1.15. The third kappa shape index (κ3) is 3.00. The zero-order valence-electron chi connectivity index (χ0n) is 9.92. The van der Waals surface area contributed by atoms with Crippen LogP contribution >= 0.6 is 0 Å². The second-order valence-corrected chi connectivity index (χ2v) is 3.44. The van der Waals surface area contributed by atoms with Crippen LogP contribution in [0.25, 0.3) is 0 Å². The molecule has 0 aliphatic heterocycles. The zero-order valence-corrected chi connectivity index (χ0v) is 9.92. The van der Waals surface area contributed by atoms with Crippen LogP contribution in [0.2, 0.25) is 0 Å². The first-order valence-electron chi connectivity index (χ1n) is 5.20. The predicted octanol–water partition coefficient (Wildman–Crippen LogP) is 2.85. The number of carbonyl (C=O) groups is 1. The molecule has 0 aliphatic rings. The molecular formula is C12H14F2O3. The molecule has 0 aliphatic carbocycles. The number of ether oxygens (including phenoxy) is 2. The molecule has 0 heterocycles.